The number of rotatable bonds is 6. The Kier molecular flexibility index (Phi) is 6.19. The number of nitrogens with zero attached hydrogens (tertiary/aromatic N) is 2. The molecule has 1 unspecified atom stereocenters. The van der Waals surface area contributed by atoms with Crippen LogP contribution in [0.4, 0.5) is 4.39 Å². The second-order valence-electron chi connectivity index (χ2n) is 5.84. The van der Waals surface area contributed by atoms with Gasteiger partial charge in [0.1, 0.15) is 18.2 Å². The molecule has 1 aliphatic rings. The van der Waals surface area contributed by atoms with Gasteiger partial charge in [-0.15, -0.1) is 0 Å². The Balaban J connectivity index is 1.74. The Labute approximate surface area is 131 Å². The summed E-state index contributed by atoms with van der Waals surface area (Å²) >= 11 is 0. The number of carbonyl (C=O) groups is 1. The number of likely N-dealkylation sites (N-methyl/N-ethyl adjacent to an activating group) is 1. The highest BCUT2D eigenvalue weighted by atomic mass is 19.1. The van der Waals surface area contributed by atoms with E-state index in [1.54, 1.807) is 12.1 Å². The molecule has 0 saturated carbocycles. The molecule has 0 aliphatic carbocycles. The third-order valence-electron chi connectivity index (χ3n) is 4.21. The first-order valence-electron chi connectivity index (χ1n) is 7.95. The summed E-state index contributed by atoms with van der Waals surface area (Å²) in [6, 6.07) is 5.83. The largest absolute Gasteiger partial charge is 0.492 e. The molecule has 1 aromatic rings. The maximum absolute atomic E-state index is 12.8. The fraction of sp³-hybridized carbons (Fsp3) is 0.588. The quantitative estimate of drug-likeness (QED) is 0.809. The molecule has 0 bridgehead atoms. The maximum atomic E-state index is 12.8. The Morgan fingerprint density at radius 1 is 1.27 bits per heavy atom. The summed E-state index contributed by atoms with van der Waals surface area (Å²) in [5.41, 5.74) is 0. The van der Waals surface area contributed by atoms with Crippen LogP contribution >= 0.6 is 0 Å². The van der Waals surface area contributed by atoms with Crippen LogP contribution in [0.25, 0.3) is 0 Å². The first-order chi connectivity index (χ1) is 10.6. The molecule has 1 aromatic carbocycles. The highest BCUT2D eigenvalue weighted by Gasteiger charge is 2.24. The summed E-state index contributed by atoms with van der Waals surface area (Å²) in [4.78, 5) is 16.4. The number of amides is 1. The van der Waals surface area contributed by atoms with Gasteiger partial charge in [0.15, 0.2) is 0 Å². The molecule has 1 heterocycles. The fourth-order valence-electron chi connectivity index (χ4n) is 2.60. The van der Waals surface area contributed by atoms with Crippen molar-refractivity contribution in [1.29, 1.82) is 0 Å². The minimum absolute atomic E-state index is 0.144. The van der Waals surface area contributed by atoms with Gasteiger partial charge in [-0.2, -0.15) is 0 Å². The molecule has 4 nitrogen and oxygen atoms in total. The van der Waals surface area contributed by atoms with Gasteiger partial charge in [-0.3, -0.25) is 9.69 Å². The van der Waals surface area contributed by atoms with E-state index in [0.717, 1.165) is 25.9 Å². The number of carbonyl (C=O) groups excluding carboxylic acids is 1. The number of likely N-dealkylation sites (tertiary alicyclic amines) is 1. The Morgan fingerprint density at radius 3 is 2.55 bits per heavy atom. The Bertz CT molecular complexity index is 472. The van der Waals surface area contributed by atoms with Crippen molar-refractivity contribution in [3.63, 3.8) is 0 Å². The summed E-state index contributed by atoms with van der Waals surface area (Å²) in [7, 11) is 1.93. The monoisotopic (exact) mass is 308 g/mol. The summed E-state index contributed by atoms with van der Waals surface area (Å²) in [5, 5.41) is 0. The Morgan fingerprint density at radius 2 is 1.91 bits per heavy atom. The zero-order valence-electron chi connectivity index (χ0n) is 13.4. The molecule has 1 atom stereocenters. The van der Waals surface area contributed by atoms with E-state index in [9.17, 15) is 9.18 Å². The zero-order valence-corrected chi connectivity index (χ0v) is 13.4. The van der Waals surface area contributed by atoms with Gasteiger partial charge in [-0.05, 0) is 57.5 Å². The second-order valence-corrected chi connectivity index (χ2v) is 5.84. The average Bonchev–Trinajstić information content (AvgIpc) is 2.56. The maximum Gasteiger partial charge on any atom is 0.239 e. The van der Waals surface area contributed by atoms with Crippen LogP contribution in [0.2, 0.25) is 0 Å². The molecular weight excluding hydrogens is 283 g/mol. The van der Waals surface area contributed by atoms with Crippen molar-refractivity contribution in [3.05, 3.63) is 30.1 Å². The summed E-state index contributed by atoms with van der Waals surface area (Å²) in [5.74, 6) is 0.569. The molecule has 2 rings (SSSR count). The van der Waals surface area contributed by atoms with E-state index in [-0.39, 0.29) is 17.8 Å². The molecule has 1 amide bonds. The molecule has 0 radical (unpaired) electrons. The van der Waals surface area contributed by atoms with E-state index in [1.165, 1.54) is 18.6 Å². The molecule has 1 fully saturated rings. The van der Waals surface area contributed by atoms with E-state index < -0.39 is 0 Å². The lowest BCUT2D eigenvalue weighted by Crippen LogP contribution is -2.48. The minimum Gasteiger partial charge on any atom is -0.492 e. The van der Waals surface area contributed by atoms with Gasteiger partial charge in [0.05, 0.1) is 6.04 Å². The van der Waals surface area contributed by atoms with E-state index in [1.807, 2.05) is 23.8 Å². The van der Waals surface area contributed by atoms with Crippen LogP contribution in [0.15, 0.2) is 24.3 Å². The van der Waals surface area contributed by atoms with Crippen LogP contribution in [0, 0.1) is 5.82 Å². The van der Waals surface area contributed by atoms with Gasteiger partial charge in [0.2, 0.25) is 5.91 Å². The van der Waals surface area contributed by atoms with Gasteiger partial charge in [-0.1, -0.05) is 0 Å². The molecule has 1 aliphatic heterocycles. The van der Waals surface area contributed by atoms with Crippen molar-refractivity contribution in [2.45, 2.75) is 32.2 Å². The molecule has 22 heavy (non-hydrogen) atoms. The first-order valence-corrected chi connectivity index (χ1v) is 7.95. The number of hydrogen-bond acceptors (Lipinski definition) is 3. The van der Waals surface area contributed by atoms with E-state index in [4.69, 9.17) is 4.74 Å². The van der Waals surface area contributed by atoms with Crippen LogP contribution in [-0.4, -0.2) is 55.0 Å². The molecule has 5 heteroatoms. The standard InChI is InChI=1S/C17H25FN2O2/c1-14(17(21)20-10-4-3-5-11-20)19(2)12-13-22-16-8-6-15(18)7-9-16/h6-9,14H,3-5,10-13H2,1-2H3. The van der Waals surface area contributed by atoms with Gasteiger partial charge in [-0.25, -0.2) is 4.39 Å². The average molecular weight is 308 g/mol. The van der Waals surface area contributed by atoms with Crippen LogP contribution in [0.5, 0.6) is 5.75 Å². The van der Waals surface area contributed by atoms with Crippen LogP contribution in [0.1, 0.15) is 26.2 Å². The summed E-state index contributed by atoms with van der Waals surface area (Å²) < 4.78 is 18.4. The van der Waals surface area contributed by atoms with Crippen molar-refractivity contribution in [3.8, 4) is 5.75 Å². The van der Waals surface area contributed by atoms with Crippen molar-refractivity contribution in [1.82, 2.24) is 9.80 Å². The Hall–Kier alpha value is -1.62. The molecule has 0 N–H and O–H groups in total. The summed E-state index contributed by atoms with van der Waals surface area (Å²) in [6.45, 7) is 4.82. The lowest BCUT2D eigenvalue weighted by molar-refractivity contribution is -0.136. The van der Waals surface area contributed by atoms with Crippen LogP contribution < -0.4 is 4.74 Å². The number of piperidine rings is 1. The molecule has 0 aromatic heterocycles. The van der Waals surface area contributed by atoms with Crippen molar-refractivity contribution in [2.24, 2.45) is 0 Å². The van der Waals surface area contributed by atoms with Crippen LogP contribution in [0.3, 0.4) is 0 Å². The number of hydrogen-bond donors (Lipinski definition) is 0. The minimum atomic E-state index is -0.273. The number of halogens is 1. The lowest BCUT2D eigenvalue weighted by Gasteiger charge is -2.32. The highest BCUT2D eigenvalue weighted by molar-refractivity contribution is 5.81. The van der Waals surface area contributed by atoms with E-state index in [0.29, 0.717) is 18.9 Å². The second kappa shape index (κ2) is 8.13. The molecular formula is C17H25FN2O2. The van der Waals surface area contributed by atoms with Gasteiger partial charge < -0.3 is 9.64 Å². The fourth-order valence-corrected chi connectivity index (χ4v) is 2.60. The van der Waals surface area contributed by atoms with Gasteiger partial charge in [0, 0.05) is 19.6 Å². The molecule has 122 valence electrons. The molecule has 1 saturated heterocycles. The molecule has 0 spiro atoms. The first kappa shape index (κ1) is 16.7. The number of ether oxygens (including phenoxy) is 1. The third-order valence-corrected chi connectivity index (χ3v) is 4.21. The van der Waals surface area contributed by atoms with Gasteiger partial charge >= 0.3 is 0 Å². The predicted molar refractivity (Wildman–Crippen MR) is 84.4 cm³/mol. The number of benzene rings is 1. The van der Waals surface area contributed by atoms with E-state index >= 15 is 0 Å². The highest BCUT2D eigenvalue weighted by Crippen LogP contribution is 2.13. The van der Waals surface area contributed by atoms with E-state index in [2.05, 4.69) is 0 Å². The lowest BCUT2D eigenvalue weighted by atomic mass is 10.1. The van der Waals surface area contributed by atoms with Crippen LogP contribution in [-0.2, 0) is 4.79 Å². The normalized spacial score (nSPS) is 16.6. The van der Waals surface area contributed by atoms with Crippen molar-refractivity contribution in [2.75, 3.05) is 33.3 Å². The third kappa shape index (κ3) is 4.70. The smallest absolute Gasteiger partial charge is 0.239 e. The van der Waals surface area contributed by atoms with Gasteiger partial charge in [0.25, 0.3) is 0 Å². The summed E-state index contributed by atoms with van der Waals surface area (Å²) in [6.07, 6.45) is 3.44. The topological polar surface area (TPSA) is 32.8 Å². The SMILES string of the molecule is CC(C(=O)N1CCCCC1)N(C)CCOc1ccc(F)cc1. The zero-order chi connectivity index (χ0) is 15.9. The van der Waals surface area contributed by atoms with Crippen molar-refractivity contribution >= 4 is 5.91 Å². The predicted octanol–water partition coefficient (Wildman–Crippen LogP) is 2.54. The van der Waals surface area contributed by atoms with Crippen molar-refractivity contribution < 1.29 is 13.9 Å².